The van der Waals surface area contributed by atoms with Crippen LogP contribution in [0, 0.1) is 11.3 Å². The highest BCUT2D eigenvalue weighted by Gasteiger charge is 2.34. The Morgan fingerprint density at radius 1 is 1.35 bits per heavy atom. The second-order valence-corrected chi connectivity index (χ2v) is 5.68. The molecule has 2 rings (SSSR count). The molecule has 1 aromatic rings. The molecule has 0 amide bonds. The molecule has 0 atom stereocenters. The summed E-state index contributed by atoms with van der Waals surface area (Å²) in [7, 11) is 0. The zero-order valence-corrected chi connectivity index (χ0v) is 12.4. The molecule has 20 heavy (non-hydrogen) atoms. The minimum Gasteiger partial charge on any atom is -0.398 e. The lowest BCUT2D eigenvalue weighted by Crippen LogP contribution is -2.12. The summed E-state index contributed by atoms with van der Waals surface area (Å²) in [5.74, 6) is -0.436. The Hall–Kier alpha value is -1.11. The summed E-state index contributed by atoms with van der Waals surface area (Å²) in [5, 5.41) is 6.64. The molecule has 0 unspecified atom stereocenters. The number of hydrogen-bond acceptors (Lipinski definition) is 2. The van der Waals surface area contributed by atoms with Crippen LogP contribution in [0.4, 0.5) is 23.2 Å². The van der Waals surface area contributed by atoms with Gasteiger partial charge in [0.1, 0.15) is 0 Å². The lowest BCUT2D eigenvalue weighted by Gasteiger charge is -2.18. The Balaban J connectivity index is 0.000000333. The van der Waals surface area contributed by atoms with Crippen LogP contribution in [0.15, 0.2) is 16.6 Å². The smallest absolute Gasteiger partial charge is 0.398 e. The van der Waals surface area contributed by atoms with E-state index in [1.54, 1.807) is 0 Å². The predicted octanol–water partition coefficient (Wildman–Crippen LogP) is 5.15. The van der Waals surface area contributed by atoms with Crippen molar-refractivity contribution in [1.82, 2.24) is 0 Å². The molecule has 0 radical (unpaired) electrons. The van der Waals surface area contributed by atoms with Gasteiger partial charge in [-0.05, 0) is 18.1 Å². The first-order valence-electron chi connectivity index (χ1n) is 6.03. The number of alkyl halides is 3. The van der Waals surface area contributed by atoms with E-state index in [0.29, 0.717) is 0 Å². The highest BCUT2D eigenvalue weighted by Crippen LogP contribution is 2.37. The summed E-state index contributed by atoms with van der Waals surface area (Å²) in [5.41, 5.74) is 2.61. The van der Waals surface area contributed by atoms with E-state index in [0.717, 1.165) is 18.1 Å². The Kier molecular flexibility index (Phi) is 5.56. The Morgan fingerprint density at radius 3 is 2.15 bits per heavy atom. The lowest BCUT2D eigenvalue weighted by molar-refractivity contribution is -0.136. The summed E-state index contributed by atoms with van der Waals surface area (Å²) in [4.78, 5) is 0. The van der Waals surface area contributed by atoms with E-state index in [1.807, 2.05) is 0 Å². The van der Waals surface area contributed by atoms with Crippen molar-refractivity contribution >= 4 is 27.6 Å². The molecule has 1 aromatic carbocycles. The Bertz CT molecular complexity index is 496. The summed E-state index contributed by atoms with van der Waals surface area (Å²) in [6, 6.07) is 1.76. The average Bonchev–Trinajstić information content (AvgIpc) is 2.28. The topological polar surface area (TPSA) is 49.9 Å². The van der Waals surface area contributed by atoms with Crippen molar-refractivity contribution in [3.63, 3.8) is 0 Å². The zero-order chi connectivity index (χ0) is 15.5. The van der Waals surface area contributed by atoms with E-state index < -0.39 is 29.0 Å². The molecule has 0 heterocycles. The van der Waals surface area contributed by atoms with Crippen molar-refractivity contribution in [2.75, 3.05) is 5.73 Å². The summed E-state index contributed by atoms with van der Waals surface area (Å²) < 4.78 is 49.7. The minimum atomic E-state index is -4.67. The fourth-order valence-corrected chi connectivity index (χ4v) is 2.10. The normalized spacial score (nSPS) is 15.1. The first-order valence-corrected chi connectivity index (χ1v) is 6.83. The van der Waals surface area contributed by atoms with Gasteiger partial charge in [0, 0.05) is 4.47 Å². The molecular formula is C13H15BrF4N2. The molecule has 1 aliphatic rings. The van der Waals surface area contributed by atoms with Crippen molar-refractivity contribution in [2.45, 2.75) is 32.4 Å². The number of benzene rings is 1. The van der Waals surface area contributed by atoms with Crippen LogP contribution >= 0.6 is 15.9 Å². The molecule has 112 valence electrons. The molecule has 0 bridgehead atoms. The van der Waals surface area contributed by atoms with Gasteiger partial charge in [-0.15, -0.1) is 0 Å². The van der Waals surface area contributed by atoms with E-state index in [9.17, 15) is 17.6 Å². The SMILES string of the molecule is CC1CCC1.N=C(F)c1cc(Br)cc(C(F)(F)F)c1N. The third-order valence-electron chi connectivity index (χ3n) is 3.08. The molecule has 2 nitrogen and oxygen atoms in total. The molecule has 1 aliphatic carbocycles. The molecule has 0 saturated heterocycles. The van der Waals surface area contributed by atoms with Crippen molar-refractivity contribution in [2.24, 2.45) is 5.92 Å². The largest absolute Gasteiger partial charge is 0.418 e. The van der Waals surface area contributed by atoms with E-state index in [2.05, 4.69) is 22.9 Å². The van der Waals surface area contributed by atoms with Crippen molar-refractivity contribution < 1.29 is 17.6 Å². The molecule has 3 N–H and O–H groups in total. The molecule has 0 aromatic heterocycles. The molecule has 0 aliphatic heterocycles. The molecule has 0 spiro atoms. The number of rotatable bonds is 1. The first-order chi connectivity index (χ1) is 9.12. The van der Waals surface area contributed by atoms with Crippen molar-refractivity contribution in [3.05, 3.63) is 27.7 Å². The monoisotopic (exact) mass is 354 g/mol. The highest BCUT2D eigenvalue weighted by atomic mass is 79.9. The number of nitrogens with two attached hydrogens (primary N) is 1. The maximum absolute atomic E-state index is 12.6. The van der Waals surface area contributed by atoms with Crippen molar-refractivity contribution in [1.29, 1.82) is 5.41 Å². The van der Waals surface area contributed by atoms with Crippen LogP contribution in [0.1, 0.15) is 37.3 Å². The maximum atomic E-state index is 12.6. The van der Waals surface area contributed by atoms with Crippen LogP contribution in [-0.2, 0) is 6.18 Å². The number of nitrogen functional groups attached to an aromatic ring is 1. The molecule has 7 heteroatoms. The van der Waals surface area contributed by atoms with Crippen LogP contribution in [0.2, 0.25) is 0 Å². The fourth-order valence-electron chi connectivity index (χ4n) is 1.65. The van der Waals surface area contributed by atoms with Gasteiger partial charge in [-0.2, -0.15) is 17.6 Å². The zero-order valence-electron chi connectivity index (χ0n) is 10.8. The van der Waals surface area contributed by atoms with Crippen LogP contribution in [0.3, 0.4) is 0 Å². The molecule has 1 saturated carbocycles. The van der Waals surface area contributed by atoms with Gasteiger partial charge in [-0.3, -0.25) is 5.41 Å². The standard InChI is InChI=1S/C8H5BrF4N2.C5H10/c9-3-1-4(7(10)15)6(14)5(2-3)8(11,12)13;1-5-3-2-4-5/h1-2,15H,14H2;5H,2-4H2,1H3. The van der Waals surface area contributed by atoms with Crippen LogP contribution in [0.5, 0.6) is 0 Å². The van der Waals surface area contributed by atoms with Gasteiger partial charge in [0.25, 0.3) is 0 Å². The first kappa shape index (κ1) is 16.9. The minimum absolute atomic E-state index is 0.0152. The van der Waals surface area contributed by atoms with Gasteiger partial charge >= 0.3 is 6.18 Å². The quantitative estimate of drug-likeness (QED) is 0.409. The highest BCUT2D eigenvalue weighted by molar-refractivity contribution is 9.10. The van der Waals surface area contributed by atoms with Gasteiger partial charge in [-0.1, -0.05) is 42.1 Å². The van der Waals surface area contributed by atoms with E-state index >= 15 is 0 Å². The van der Waals surface area contributed by atoms with Crippen molar-refractivity contribution in [3.8, 4) is 0 Å². The lowest BCUT2D eigenvalue weighted by atomic mass is 9.88. The van der Waals surface area contributed by atoms with E-state index in [-0.39, 0.29) is 4.47 Å². The molecule has 1 fully saturated rings. The van der Waals surface area contributed by atoms with E-state index in [4.69, 9.17) is 11.1 Å². The maximum Gasteiger partial charge on any atom is 0.418 e. The third-order valence-corrected chi connectivity index (χ3v) is 3.54. The predicted molar refractivity (Wildman–Crippen MR) is 74.5 cm³/mol. The van der Waals surface area contributed by atoms with E-state index in [1.165, 1.54) is 19.3 Å². The average molecular weight is 355 g/mol. The van der Waals surface area contributed by atoms with Crippen LogP contribution in [-0.4, -0.2) is 5.97 Å². The summed E-state index contributed by atoms with van der Waals surface area (Å²) in [6.45, 7) is 2.31. The van der Waals surface area contributed by atoms with Gasteiger partial charge in [0.15, 0.2) is 0 Å². The second kappa shape index (κ2) is 6.56. The fraction of sp³-hybridized carbons (Fsp3) is 0.462. The summed E-state index contributed by atoms with van der Waals surface area (Å²) >= 11 is 2.79. The van der Waals surface area contributed by atoms with Gasteiger partial charge in [0.2, 0.25) is 5.97 Å². The van der Waals surface area contributed by atoms with Gasteiger partial charge in [0.05, 0.1) is 16.8 Å². The number of hydrogen-bond donors (Lipinski definition) is 2. The van der Waals surface area contributed by atoms with Gasteiger partial charge in [-0.25, -0.2) is 0 Å². The molecular weight excluding hydrogens is 340 g/mol. The number of nitrogens with one attached hydrogen (secondary N) is 1. The second-order valence-electron chi connectivity index (χ2n) is 4.76. The third kappa shape index (κ3) is 4.47. The summed E-state index contributed by atoms with van der Waals surface area (Å²) in [6.07, 6.45) is -0.209. The van der Waals surface area contributed by atoms with Crippen LogP contribution < -0.4 is 5.73 Å². The Labute approximate surface area is 123 Å². The van der Waals surface area contributed by atoms with Gasteiger partial charge < -0.3 is 5.73 Å². The number of anilines is 1. The Morgan fingerprint density at radius 2 is 1.85 bits per heavy atom. The number of halogens is 5. The van der Waals surface area contributed by atoms with Crippen LogP contribution in [0.25, 0.3) is 0 Å².